The summed E-state index contributed by atoms with van der Waals surface area (Å²) in [7, 11) is -4.05. The quantitative estimate of drug-likeness (QED) is 0.598. The highest BCUT2D eigenvalue weighted by Crippen LogP contribution is 2.21. The number of rotatable bonds is 6. The Balaban J connectivity index is 1.80. The first-order valence-electron chi connectivity index (χ1n) is 9.43. The highest BCUT2D eigenvalue weighted by Gasteiger charge is 2.19. The number of nitrogens with one attached hydrogen (secondary N) is 2. The standard InChI is InChI=1S/C23H23FN2O3S/c1-15-11-12-20(16(2)13-15)17(3)25-23(27)18-7-6-8-19(14-18)30(28,29)26-22-10-5-4-9-21(22)24/h4-14,17,26H,1-3H3,(H,25,27)/t17-/m0/s1. The van der Waals surface area contributed by atoms with Crippen LogP contribution in [0.4, 0.5) is 10.1 Å². The van der Waals surface area contributed by atoms with Crippen molar-refractivity contribution in [1.29, 1.82) is 0 Å². The summed E-state index contributed by atoms with van der Waals surface area (Å²) < 4.78 is 41.3. The van der Waals surface area contributed by atoms with Gasteiger partial charge in [-0.25, -0.2) is 12.8 Å². The zero-order valence-corrected chi connectivity index (χ0v) is 17.8. The van der Waals surface area contributed by atoms with Crippen LogP contribution in [-0.4, -0.2) is 14.3 Å². The van der Waals surface area contributed by atoms with Crippen molar-refractivity contribution in [3.8, 4) is 0 Å². The van der Waals surface area contributed by atoms with Gasteiger partial charge in [0.15, 0.2) is 0 Å². The number of hydrogen-bond donors (Lipinski definition) is 2. The van der Waals surface area contributed by atoms with Crippen molar-refractivity contribution in [2.45, 2.75) is 31.7 Å². The first-order chi connectivity index (χ1) is 14.2. The molecule has 0 aliphatic carbocycles. The average molecular weight is 427 g/mol. The molecule has 156 valence electrons. The van der Waals surface area contributed by atoms with Crippen LogP contribution in [0.2, 0.25) is 0 Å². The van der Waals surface area contributed by atoms with Crippen molar-refractivity contribution in [3.63, 3.8) is 0 Å². The lowest BCUT2D eigenvalue weighted by Gasteiger charge is -2.17. The molecular weight excluding hydrogens is 403 g/mol. The molecule has 3 aromatic carbocycles. The van der Waals surface area contributed by atoms with E-state index in [2.05, 4.69) is 10.0 Å². The topological polar surface area (TPSA) is 75.3 Å². The number of carbonyl (C=O) groups excluding carboxylic acids is 1. The van der Waals surface area contributed by atoms with Crippen LogP contribution in [-0.2, 0) is 10.0 Å². The lowest BCUT2D eigenvalue weighted by Crippen LogP contribution is -2.27. The average Bonchev–Trinajstić information content (AvgIpc) is 2.69. The van der Waals surface area contributed by atoms with Gasteiger partial charge in [-0.3, -0.25) is 9.52 Å². The van der Waals surface area contributed by atoms with Crippen LogP contribution < -0.4 is 10.0 Å². The van der Waals surface area contributed by atoms with E-state index in [-0.39, 0.29) is 22.2 Å². The van der Waals surface area contributed by atoms with E-state index in [0.717, 1.165) is 22.8 Å². The van der Waals surface area contributed by atoms with Gasteiger partial charge in [0.05, 0.1) is 16.6 Å². The van der Waals surface area contributed by atoms with Gasteiger partial charge in [0.25, 0.3) is 15.9 Å². The molecule has 0 bridgehead atoms. The number of hydrogen-bond acceptors (Lipinski definition) is 3. The Morgan fingerprint density at radius 3 is 2.40 bits per heavy atom. The van der Waals surface area contributed by atoms with Crippen LogP contribution in [0.5, 0.6) is 0 Å². The summed E-state index contributed by atoms with van der Waals surface area (Å²) in [5.41, 5.74) is 3.22. The molecule has 30 heavy (non-hydrogen) atoms. The second kappa shape index (κ2) is 8.67. The first-order valence-corrected chi connectivity index (χ1v) is 10.9. The van der Waals surface area contributed by atoms with E-state index < -0.39 is 21.7 Å². The molecule has 0 fully saturated rings. The Bertz CT molecular complexity index is 1190. The maximum Gasteiger partial charge on any atom is 0.262 e. The smallest absolute Gasteiger partial charge is 0.262 e. The molecule has 1 atom stereocenters. The molecule has 0 spiro atoms. The molecule has 0 unspecified atom stereocenters. The highest BCUT2D eigenvalue weighted by molar-refractivity contribution is 7.92. The Kier molecular flexibility index (Phi) is 6.22. The molecule has 0 aromatic heterocycles. The molecule has 0 saturated carbocycles. The molecule has 0 heterocycles. The highest BCUT2D eigenvalue weighted by atomic mass is 32.2. The molecular formula is C23H23FN2O3S. The van der Waals surface area contributed by atoms with Crippen molar-refractivity contribution in [2.24, 2.45) is 0 Å². The minimum atomic E-state index is -4.05. The number of anilines is 1. The fourth-order valence-corrected chi connectivity index (χ4v) is 4.33. The Labute approximate surface area is 176 Å². The van der Waals surface area contributed by atoms with E-state index >= 15 is 0 Å². The minimum absolute atomic E-state index is 0.127. The van der Waals surface area contributed by atoms with Gasteiger partial charge in [0.1, 0.15) is 5.82 Å². The van der Waals surface area contributed by atoms with Crippen molar-refractivity contribution >= 4 is 21.6 Å². The molecule has 0 radical (unpaired) electrons. The van der Waals surface area contributed by atoms with E-state index in [1.165, 1.54) is 42.5 Å². The molecule has 0 aliphatic heterocycles. The number of benzene rings is 3. The summed E-state index contributed by atoms with van der Waals surface area (Å²) in [5.74, 6) is -1.08. The lowest BCUT2D eigenvalue weighted by molar-refractivity contribution is 0.0939. The van der Waals surface area contributed by atoms with Gasteiger partial charge in [0, 0.05) is 5.56 Å². The fourth-order valence-electron chi connectivity index (χ4n) is 3.22. The van der Waals surface area contributed by atoms with Crippen LogP contribution in [0.1, 0.15) is 40.0 Å². The van der Waals surface area contributed by atoms with Crippen LogP contribution in [0.15, 0.2) is 71.6 Å². The summed E-state index contributed by atoms with van der Waals surface area (Å²) in [6.07, 6.45) is 0. The molecule has 1 amide bonds. The lowest BCUT2D eigenvalue weighted by atomic mass is 10.00. The summed E-state index contributed by atoms with van der Waals surface area (Å²) in [6, 6.07) is 16.9. The van der Waals surface area contributed by atoms with E-state index in [4.69, 9.17) is 0 Å². The summed E-state index contributed by atoms with van der Waals surface area (Å²) in [6.45, 7) is 5.85. The summed E-state index contributed by atoms with van der Waals surface area (Å²) in [5, 5.41) is 2.90. The molecule has 3 aromatic rings. The van der Waals surface area contributed by atoms with Crippen molar-refractivity contribution in [2.75, 3.05) is 4.72 Å². The van der Waals surface area contributed by atoms with Crippen molar-refractivity contribution in [1.82, 2.24) is 5.32 Å². The number of para-hydroxylation sites is 1. The normalized spacial score (nSPS) is 12.3. The minimum Gasteiger partial charge on any atom is -0.346 e. The van der Waals surface area contributed by atoms with E-state index in [1.54, 1.807) is 0 Å². The summed E-state index contributed by atoms with van der Waals surface area (Å²) in [4.78, 5) is 12.6. The monoisotopic (exact) mass is 426 g/mol. The Hall–Kier alpha value is -3.19. The molecule has 0 saturated heterocycles. The van der Waals surface area contributed by atoms with Crippen LogP contribution in [0.25, 0.3) is 0 Å². The van der Waals surface area contributed by atoms with Gasteiger partial charge < -0.3 is 5.32 Å². The number of halogens is 1. The number of amides is 1. The molecule has 5 nitrogen and oxygen atoms in total. The van der Waals surface area contributed by atoms with Gasteiger partial charge >= 0.3 is 0 Å². The predicted molar refractivity (Wildman–Crippen MR) is 115 cm³/mol. The van der Waals surface area contributed by atoms with Crippen molar-refractivity contribution < 1.29 is 17.6 Å². The maximum atomic E-state index is 13.8. The van der Waals surface area contributed by atoms with Crippen LogP contribution >= 0.6 is 0 Å². The third-order valence-corrected chi connectivity index (χ3v) is 6.13. The third kappa shape index (κ3) is 4.86. The SMILES string of the molecule is Cc1ccc([C@H](C)NC(=O)c2cccc(S(=O)(=O)Nc3ccccc3F)c2)c(C)c1. The van der Waals surface area contributed by atoms with Crippen LogP contribution in [0.3, 0.4) is 0 Å². The van der Waals surface area contributed by atoms with Gasteiger partial charge in [0.2, 0.25) is 0 Å². The van der Waals surface area contributed by atoms with Crippen LogP contribution in [0, 0.1) is 19.7 Å². The van der Waals surface area contributed by atoms with Gasteiger partial charge in [-0.1, -0.05) is 42.0 Å². The predicted octanol–water partition coefficient (Wildman–Crippen LogP) is 4.73. The molecule has 7 heteroatoms. The summed E-state index contributed by atoms with van der Waals surface area (Å²) >= 11 is 0. The zero-order valence-electron chi connectivity index (χ0n) is 16.9. The van der Waals surface area contributed by atoms with Gasteiger partial charge in [-0.05, 0) is 62.2 Å². The maximum absolute atomic E-state index is 13.8. The second-order valence-electron chi connectivity index (χ2n) is 7.17. The first kappa shape index (κ1) is 21.5. The molecule has 3 rings (SSSR count). The third-order valence-electron chi connectivity index (χ3n) is 4.76. The second-order valence-corrected chi connectivity index (χ2v) is 8.85. The van der Waals surface area contributed by atoms with Gasteiger partial charge in [-0.15, -0.1) is 0 Å². The fraction of sp³-hybridized carbons (Fsp3) is 0.174. The van der Waals surface area contributed by atoms with E-state index in [1.807, 2.05) is 39.0 Å². The van der Waals surface area contributed by atoms with E-state index in [9.17, 15) is 17.6 Å². The van der Waals surface area contributed by atoms with E-state index in [0.29, 0.717) is 0 Å². The number of carbonyl (C=O) groups is 1. The Morgan fingerprint density at radius 1 is 0.967 bits per heavy atom. The van der Waals surface area contributed by atoms with Crippen molar-refractivity contribution in [3.05, 3.63) is 94.8 Å². The molecule has 2 N–H and O–H groups in total. The number of sulfonamides is 1. The zero-order chi connectivity index (χ0) is 21.9. The Morgan fingerprint density at radius 2 is 1.70 bits per heavy atom. The molecule has 0 aliphatic rings. The van der Waals surface area contributed by atoms with Gasteiger partial charge in [-0.2, -0.15) is 0 Å². The largest absolute Gasteiger partial charge is 0.346 e. The number of aryl methyl sites for hydroxylation is 2.